The van der Waals surface area contributed by atoms with Gasteiger partial charge in [-0.15, -0.1) is 0 Å². The molecule has 30 heavy (non-hydrogen) atoms. The first-order valence-electron chi connectivity index (χ1n) is 9.30. The van der Waals surface area contributed by atoms with Gasteiger partial charge in [0.25, 0.3) is 11.8 Å². The zero-order valence-corrected chi connectivity index (χ0v) is 20.0. The van der Waals surface area contributed by atoms with Crippen LogP contribution in [0.25, 0.3) is 6.08 Å². The van der Waals surface area contributed by atoms with Crippen LogP contribution in [0.5, 0.6) is 5.75 Å². The second kappa shape index (κ2) is 9.76. The molecule has 0 spiro atoms. The molecule has 156 valence electrons. The number of hydrogen-bond acceptors (Lipinski definition) is 5. The number of rotatable bonds is 6. The fraction of sp³-hybridized carbons (Fsp3) is 0.227. The number of hydrogen-bond donors (Lipinski definition) is 1. The summed E-state index contributed by atoms with van der Waals surface area (Å²) in [6, 6.07) is 12.9. The Morgan fingerprint density at radius 3 is 2.73 bits per heavy atom. The predicted molar refractivity (Wildman–Crippen MR) is 130 cm³/mol. The van der Waals surface area contributed by atoms with Crippen molar-refractivity contribution in [2.45, 2.75) is 26.8 Å². The van der Waals surface area contributed by atoms with E-state index >= 15 is 0 Å². The quantitative estimate of drug-likeness (QED) is 0.422. The van der Waals surface area contributed by atoms with Gasteiger partial charge >= 0.3 is 0 Å². The summed E-state index contributed by atoms with van der Waals surface area (Å²) in [5.41, 5.74) is 2.51. The van der Waals surface area contributed by atoms with E-state index in [9.17, 15) is 9.59 Å². The summed E-state index contributed by atoms with van der Waals surface area (Å²) in [5.74, 6) is 0.213. The minimum Gasteiger partial charge on any atom is -0.484 e. The van der Waals surface area contributed by atoms with Gasteiger partial charge in [0.05, 0.1) is 4.91 Å². The molecule has 0 atom stereocenters. The third kappa shape index (κ3) is 5.50. The molecule has 1 aliphatic heterocycles. The lowest BCUT2D eigenvalue weighted by Crippen LogP contribution is -2.34. The highest BCUT2D eigenvalue weighted by molar-refractivity contribution is 9.10. The first kappa shape index (κ1) is 22.5. The molecule has 3 rings (SSSR count). The number of anilines is 1. The maximum absolute atomic E-state index is 12.5. The third-order valence-corrected chi connectivity index (χ3v) is 6.15. The largest absolute Gasteiger partial charge is 0.484 e. The molecule has 2 amide bonds. The Morgan fingerprint density at radius 2 is 2.07 bits per heavy atom. The van der Waals surface area contributed by atoms with Crippen LogP contribution in [0.1, 0.15) is 25.0 Å². The molecule has 1 saturated heterocycles. The molecule has 2 aromatic rings. The maximum atomic E-state index is 12.5. The van der Waals surface area contributed by atoms with Gasteiger partial charge in [-0.1, -0.05) is 52.0 Å². The van der Waals surface area contributed by atoms with Crippen molar-refractivity contribution in [3.05, 3.63) is 63.0 Å². The summed E-state index contributed by atoms with van der Waals surface area (Å²) in [6.07, 6.45) is 1.79. The molecular weight excluding hydrogens is 484 g/mol. The van der Waals surface area contributed by atoms with Gasteiger partial charge in [0.15, 0.2) is 6.61 Å². The molecule has 0 unspecified atom stereocenters. The van der Waals surface area contributed by atoms with Crippen molar-refractivity contribution in [1.82, 2.24) is 4.90 Å². The number of halogens is 1. The Hall–Kier alpha value is -2.16. The van der Waals surface area contributed by atoms with E-state index in [1.54, 1.807) is 23.1 Å². The minimum absolute atomic E-state index is 0.0194. The van der Waals surface area contributed by atoms with Crippen LogP contribution in [0.3, 0.4) is 0 Å². The lowest BCUT2D eigenvalue weighted by Gasteiger charge is -2.18. The molecule has 8 heteroatoms. The summed E-state index contributed by atoms with van der Waals surface area (Å²) in [4.78, 5) is 27.0. The topological polar surface area (TPSA) is 58.6 Å². The van der Waals surface area contributed by atoms with Gasteiger partial charge in [0.2, 0.25) is 0 Å². The van der Waals surface area contributed by atoms with E-state index in [-0.39, 0.29) is 24.5 Å². The van der Waals surface area contributed by atoms with Crippen molar-refractivity contribution >= 4 is 67.8 Å². The summed E-state index contributed by atoms with van der Waals surface area (Å²) >= 11 is 10.0. The van der Waals surface area contributed by atoms with Crippen LogP contribution >= 0.6 is 39.9 Å². The molecular formula is C22H21BrN2O3S2. The van der Waals surface area contributed by atoms with Gasteiger partial charge in [-0.2, -0.15) is 0 Å². The summed E-state index contributed by atoms with van der Waals surface area (Å²) in [6.45, 7) is 5.67. The molecule has 0 aliphatic carbocycles. The number of aryl methyl sites for hydroxylation is 1. The summed E-state index contributed by atoms with van der Waals surface area (Å²) < 4.78 is 7.16. The Morgan fingerprint density at radius 1 is 1.30 bits per heavy atom. The monoisotopic (exact) mass is 504 g/mol. The highest BCUT2D eigenvalue weighted by atomic mass is 79.9. The molecule has 1 fully saturated rings. The van der Waals surface area contributed by atoms with E-state index in [1.165, 1.54) is 11.8 Å². The van der Waals surface area contributed by atoms with Crippen LogP contribution in [0, 0.1) is 6.92 Å². The Kier molecular flexibility index (Phi) is 7.33. The molecule has 0 saturated carbocycles. The van der Waals surface area contributed by atoms with Gasteiger partial charge in [-0.05, 0) is 68.3 Å². The van der Waals surface area contributed by atoms with Crippen LogP contribution in [-0.4, -0.2) is 33.7 Å². The lowest BCUT2D eigenvalue weighted by molar-refractivity contribution is -0.123. The predicted octanol–water partition coefficient (Wildman–Crippen LogP) is 5.38. The summed E-state index contributed by atoms with van der Waals surface area (Å²) in [7, 11) is 0. The molecule has 0 radical (unpaired) electrons. The second-order valence-electron chi connectivity index (χ2n) is 7.01. The Labute approximate surface area is 194 Å². The number of carbonyl (C=O) groups excluding carboxylic acids is 2. The average Bonchev–Trinajstić information content (AvgIpc) is 2.96. The highest BCUT2D eigenvalue weighted by Gasteiger charge is 2.33. The number of nitrogens with zero attached hydrogens (tertiary/aromatic N) is 1. The van der Waals surface area contributed by atoms with Crippen molar-refractivity contribution in [2.75, 3.05) is 11.9 Å². The Bertz CT molecular complexity index is 1040. The fourth-order valence-electron chi connectivity index (χ4n) is 2.87. The minimum atomic E-state index is -0.247. The second-order valence-corrected chi connectivity index (χ2v) is 9.61. The molecule has 0 aromatic heterocycles. The maximum Gasteiger partial charge on any atom is 0.266 e. The highest BCUT2D eigenvalue weighted by Crippen LogP contribution is 2.34. The van der Waals surface area contributed by atoms with Crippen LogP contribution < -0.4 is 10.1 Å². The fourth-order valence-corrected chi connectivity index (χ4v) is 4.87. The van der Waals surface area contributed by atoms with Gasteiger partial charge in [0.1, 0.15) is 10.1 Å². The van der Waals surface area contributed by atoms with Crippen LogP contribution in [0.15, 0.2) is 51.8 Å². The number of ether oxygens (including phenoxy) is 1. The van der Waals surface area contributed by atoms with Gasteiger partial charge in [-0.3, -0.25) is 14.5 Å². The first-order chi connectivity index (χ1) is 14.2. The van der Waals surface area contributed by atoms with Crippen LogP contribution in [0.4, 0.5) is 5.69 Å². The molecule has 5 nitrogen and oxygen atoms in total. The zero-order chi connectivity index (χ0) is 21.8. The first-order valence-corrected chi connectivity index (χ1v) is 11.3. The number of nitrogens with one attached hydrogen (secondary N) is 1. The third-order valence-electron chi connectivity index (χ3n) is 4.33. The smallest absolute Gasteiger partial charge is 0.266 e. The average molecular weight is 505 g/mol. The number of benzene rings is 2. The van der Waals surface area contributed by atoms with Crippen molar-refractivity contribution < 1.29 is 14.3 Å². The number of thioether (sulfide) groups is 1. The molecule has 1 aliphatic rings. The van der Waals surface area contributed by atoms with Crippen molar-refractivity contribution in [3.63, 3.8) is 0 Å². The normalized spacial score (nSPS) is 15.2. The van der Waals surface area contributed by atoms with E-state index in [0.29, 0.717) is 15.0 Å². The van der Waals surface area contributed by atoms with Crippen LogP contribution in [0.2, 0.25) is 0 Å². The molecule has 2 aromatic carbocycles. The number of thiocarbonyl (C=S) groups is 1. The molecule has 0 bridgehead atoms. The van der Waals surface area contributed by atoms with Gasteiger partial charge in [0, 0.05) is 16.2 Å². The number of carbonyl (C=O) groups is 2. The standard InChI is InChI=1S/C22H21BrN2O3S2/c1-13(2)25-21(27)19(30-22(25)29)11-15-5-4-6-17(10-15)28-12-20(26)24-18-8-7-16(23)9-14(18)3/h4-11,13H,12H2,1-3H3,(H,24,26)/b19-11-. The van der Waals surface area contributed by atoms with E-state index in [2.05, 4.69) is 21.2 Å². The number of amides is 2. The van der Waals surface area contributed by atoms with Crippen molar-refractivity contribution in [1.29, 1.82) is 0 Å². The lowest BCUT2D eigenvalue weighted by atomic mass is 10.2. The van der Waals surface area contributed by atoms with E-state index in [4.69, 9.17) is 17.0 Å². The van der Waals surface area contributed by atoms with Crippen molar-refractivity contribution in [2.24, 2.45) is 0 Å². The molecule has 1 N–H and O–H groups in total. The van der Waals surface area contributed by atoms with E-state index in [0.717, 1.165) is 21.3 Å². The van der Waals surface area contributed by atoms with E-state index < -0.39 is 0 Å². The van der Waals surface area contributed by atoms with Gasteiger partial charge < -0.3 is 10.1 Å². The van der Waals surface area contributed by atoms with E-state index in [1.807, 2.05) is 51.1 Å². The van der Waals surface area contributed by atoms with Gasteiger partial charge in [-0.25, -0.2) is 0 Å². The Balaban J connectivity index is 1.64. The van der Waals surface area contributed by atoms with Crippen molar-refractivity contribution in [3.8, 4) is 5.75 Å². The SMILES string of the molecule is Cc1cc(Br)ccc1NC(=O)COc1cccc(/C=C2\SC(=S)N(C(C)C)C2=O)c1. The summed E-state index contributed by atoms with van der Waals surface area (Å²) in [5, 5.41) is 2.84. The molecule has 1 heterocycles. The van der Waals surface area contributed by atoms with Crippen LogP contribution in [-0.2, 0) is 9.59 Å². The zero-order valence-electron chi connectivity index (χ0n) is 16.8.